The maximum atomic E-state index is 11.9. The van der Waals surface area contributed by atoms with E-state index in [4.69, 9.17) is 16.3 Å². The molecule has 0 spiro atoms. The summed E-state index contributed by atoms with van der Waals surface area (Å²) in [4.78, 5) is 16.0. The quantitative estimate of drug-likeness (QED) is 0.405. The monoisotopic (exact) mass is 456 g/mol. The highest BCUT2D eigenvalue weighted by Crippen LogP contribution is 2.33. The molecule has 1 N–H and O–H groups in total. The van der Waals surface area contributed by atoms with E-state index in [2.05, 4.69) is 15.4 Å². The maximum Gasteiger partial charge on any atom is 0.252 e. The van der Waals surface area contributed by atoms with Gasteiger partial charge in [-0.05, 0) is 65.7 Å². The molecule has 4 aromatic rings. The van der Waals surface area contributed by atoms with Crippen molar-refractivity contribution in [2.75, 3.05) is 11.9 Å². The number of pyridine rings is 1. The molecule has 1 unspecified atom stereocenters. The molecule has 1 aliphatic heterocycles. The number of halogens is 1. The van der Waals surface area contributed by atoms with Crippen LogP contribution in [0.15, 0.2) is 85.3 Å². The number of aryl methyl sites for hydroxylation is 1. The highest BCUT2D eigenvalue weighted by Gasteiger charge is 2.22. The first kappa shape index (κ1) is 21.0. The number of allylic oxidation sites excluding steroid dienone is 1. The van der Waals surface area contributed by atoms with Crippen molar-refractivity contribution < 1.29 is 9.53 Å². The summed E-state index contributed by atoms with van der Waals surface area (Å²) in [6, 6.07) is 19.2. The minimum Gasteiger partial charge on any atom is -0.491 e. The third kappa shape index (κ3) is 4.38. The Morgan fingerprint density at radius 3 is 2.55 bits per heavy atom. The van der Waals surface area contributed by atoms with Crippen molar-refractivity contribution >= 4 is 28.1 Å². The van der Waals surface area contributed by atoms with Crippen molar-refractivity contribution in [1.82, 2.24) is 14.8 Å². The molecule has 1 atom stereocenters. The number of hydrogen-bond donors (Lipinski definition) is 1. The molecule has 3 heterocycles. The van der Waals surface area contributed by atoms with Gasteiger partial charge in [-0.3, -0.25) is 14.5 Å². The number of carbonyl (C=O) groups is 1. The fraction of sp³-hybridized carbons (Fsp3) is 0.115. The molecule has 164 valence electrons. The van der Waals surface area contributed by atoms with Crippen LogP contribution in [0.25, 0.3) is 28.0 Å². The Kier molecular flexibility index (Phi) is 5.67. The lowest BCUT2D eigenvalue weighted by Gasteiger charge is -2.25. The van der Waals surface area contributed by atoms with Gasteiger partial charge < -0.3 is 10.1 Å². The number of rotatable bonds is 6. The van der Waals surface area contributed by atoms with Crippen LogP contribution in [0.1, 0.15) is 5.56 Å². The Hall–Kier alpha value is -3.90. The summed E-state index contributed by atoms with van der Waals surface area (Å²) in [5.41, 5.74) is 6.16. The molecule has 5 rings (SSSR count). The number of ether oxygens (including phenoxy) is 1. The SMILES string of the molecule is Cn1cc(-c2ccncc2)c(-c2ccc(OCC3C=C(C(=O)Cl)c4ccccc4N3)cc2)n1. The second-order valence-corrected chi connectivity index (χ2v) is 8.13. The van der Waals surface area contributed by atoms with Crippen LogP contribution in [-0.4, -0.2) is 32.7 Å². The number of hydrogen-bond acceptors (Lipinski definition) is 5. The molecule has 7 heteroatoms. The second kappa shape index (κ2) is 8.92. The molecule has 2 aromatic carbocycles. The Labute approximate surface area is 196 Å². The minimum absolute atomic E-state index is 0.175. The van der Waals surface area contributed by atoms with Crippen molar-refractivity contribution in [2.24, 2.45) is 7.05 Å². The predicted molar refractivity (Wildman–Crippen MR) is 130 cm³/mol. The van der Waals surface area contributed by atoms with Crippen LogP contribution in [0.5, 0.6) is 5.75 Å². The fourth-order valence-corrected chi connectivity index (χ4v) is 4.14. The zero-order valence-electron chi connectivity index (χ0n) is 17.9. The van der Waals surface area contributed by atoms with Crippen molar-refractivity contribution in [3.05, 3.63) is 90.9 Å². The maximum absolute atomic E-state index is 11.9. The van der Waals surface area contributed by atoms with E-state index < -0.39 is 5.24 Å². The highest BCUT2D eigenvalue weighted by molar-refractivity contribution is 6.74. The van der Waals surface area contributed by atoms with Gasteiger partial charge in [0.05, 0.1) is 6.04 Å². The van der Waals surface area contributed by atoms with Crippen LogP contribution in [0.2, 0.25) is 0 Å². The molecule has 0 fully saturated rings. The van der Waals surface area contributed by atoms with Crippen molar-refractivity contribution in [3.63, 3.8) is 0 Å². The first-order valence-corrected chi connectivity index (χ1v) is 10.9. The Balaban J connectivity index is 1.32. The van der Waals surface area contributed by atoms with Gasteiger partial charge in [0.15, 0.2) is 0 Å². The summed E-state index contributed by atoms with van der Waals surface area (Å²) in [6.07, 6.45) is 7.38. The van der Waals surface area contributed by atoms with Gasteiger partial charge in [-0.15, -0.1) is 0 Å². The van der Waals surface area contributed by atoms with Gasteiger partial charge in [-0.25, -0.2) is 0 Å². The van der Waals surface area contributed by atoms with E-state index in [1.54, 1.807) is 12.4 Å². The Morgan fingerprint density at radius 2 is 1.79 bits per heavy atom. The number of carbonyl (C=O) groups excluding carboxylic acids is 1. The summed E-state index contributed by atoms with van der Waals surface area (Å²) in [6.45, 7) is 0.354. The molecule has 2 aromatic heterocycles. The molecule has 6 nitrogen and oxygen atoms in total. The Morgan fingerprint density at radius 1 is 1.03 bits per heavy atom. The van der Waals surface area contributed by atoms with Crippen molar-refractivity contribution in [1.29, 1.82) is 0 Å². The molecule has 0 saturated carbocycles. The number of fused-ring (bicyclic) bond motifs is 1. The third-order valence-electron chi connectivity index (χ3n) is 5.52. The van der Waals surface area contributed by atoms with Gasteiger partial charge in [-0.2, -0.15) is 5.10 Å². The average Bonchev–Trinajstić information content (AvgIpc) is 3.24. The molecular formula is C26H21ClN4O2. The van der Waals surface area contributed by atoms with E-state index >= 15 is 0 Å². The zero-order valence-corrected chi connectivity index (χ0v) is 18.7. The van der Waals surface area contributed by atoms with E-state index in [0.29, 0.717) is 12.2 Å². The fourth-order valence-electron chi connectivity index (χ4n) is 3.98. The van der Waals surface area contributed by atoms with Crippen LogP contribution in [0.3, 0.4) is 0 Å². The third-order valence-corrected chi connectivity index (χ3v) is 5.72. The van der Waals surface area contributed by atoms with E-state index in [0.717, 1.165) is 39.4 Å². The highest BCUT2D eigenvalue weighted by atomic mass is 35.5. The Bertz CT molecular complexity index is 1330. The average molecular weight is 457 g/mol. The van der Waals surface area contributed by atoms with Gasteiger partial charge >= 0.3 is 0 Å². The summed E-state index contributed by atoms with van der Waals surface area (Å²) < 4.78 is 7.81. The topological polar surface area (TPSA) is 69.0 Å². The largest absolute Gasteiger partial charge is 0.491 e. The normalized spacial score (nSPS) is 14.7. The lowest BCUT2D eigenvalue weighted by atomic mass is 9.98. The minimum atomic E-state index is -0.473. The molecule has 0 radical (unpaired) electrons. The number of aromatic nitrogens is 3. The molecular weight excluding hydrogens is 436 g/mol. The first-order chi connectivity index (χ1) is 16.1. The zero-order chi connectivity index (χ0) is 22.8. The predicted octanol–water partition coefficient (Wildman–Crippen LogP) is 5.17. The standard InChI is InChI=1S/C26H21ClN4O2/c1-31-15-23(17-10-12-28-13-11-17)25(30-31)18-6-8-20(9-7-18)33-16-19-14-22(26(27)32)21-4-2-3-5-24(21)29-19/h2-15,19,29H,16H2,1H3. The van der Waals surface area contributed by atoms with E-state index in [1.807, 2.05) is 84.7 Å². The molecule has 0 aliphatic carbocycles. The molecule has 0 bridgehead atoms. The van der Waals surface area contributed by atoms with E-state index in [1.165, 1.54) is 0 Å². The van der Waals surface area contributed by atoms with Crippen LogP contribution in [-0.2, 0) is 11.8 Å². The van der Waals surface area contributed by atoms with E-state index in [9.17, 15) is 4.79 Å². The lowest BCUT2D eigenvalue weighted by Crippen LogP contribution is -2.29. The van der Waals surface area contributed by atoms with Crippen molar-refractivity contribution in [2.45, 2.75) is 6.04 Å². The van der Waals surface area contributed by atoms with Gasteiger partial charge in [0.25, 0.3) is 5.24 Å². The second-order valence-electron chi connectivity index (χ2n) is 7.79. The summed E-state index contributed by atoms with van der Waals surface area (Å²) in [5, 5.41) is 7.56. The van der Waals surface area contributed by atoms with E-state index in [-0.39, 0.29) is 6.04 Å². The van der Waals surface area contributed by atoms with Crippen LogP contribution >= 0.6 is 11.6 Å². The number of para-hydroxylation sites is 1. The molecule has 0 saturated heterocycles. The van der Waals surface area contributed by atoms with Crippen LogP contribution < -0.4 is 10.1 Å². The summed E-state index contributed by atoms with van der Waals surface area (Å²) >= 11 is 5.81. The van der Waals surface area contributed by atoms with Gasteiger partial charge in [0.1, 0.15) is 18.1 Å². The van der Waals surface area contributed by atoms with Gasteiger partial charge in [0.2, 0.25) is 0 Å². The van der Waals surface area contributed by atoms with Gasteiger partial charge in [0, 0.05) is 53.6 Å². The first-order valence-electron chi connectivity index (χ1n) is 10.5. The number of anilines is 1. The number of nitrogens with one attached hydrogen (secondary N) is 1. The van der Waals surface area contributed by atoms with Crippen LogP contribution in [0.4, 0.5) is 5.69 Å². The number of nitrogens with zero attached hydrogens (tertiary/aromatic N) is 3. The summed E-state index contributed by atoms with van der Waals surface area (Å²) in [5.74, 6) is 0.730. The van der Waals surface area contributed by atoms with Crippen LogP contribution in [0, 0.1) is 0 Å². The van der Waals surface area contributed by atoms with Gasteiger partial charge in [-0.1, -0.05) is 18.2 Å². The smallest absolute Gasteiger partial charge is 0.252 e. The summed E-state index contributed by atoms with van der Waals surface area (Å²) in [7, 11) is 1.91. The molecule has 33 heavy (non-hydrogen) atoms. The molecule has 0 amide bonds. The molecule has 1 aliphatic rings. The lowest BCUT2D eigenvalue weighted by molar-refractivity contribution is -0.106. The number of benzene rings is 2. The van der Waals surface area contributed by atoms with Crippen molar-refractivity contribution in [3.8, 4) is 28.1 Å².